The molecule has 33 heavy (non-hydrogen) atoms. The Morgan fingerprint density at radius 3 is 2.21 bits per heavy atom. The van der Waals surface area contributed by atoms with Crippen molar-refractivity contribution >= 4 is 28.0 Å². The van der Waals surface area contributed by atoms with Crippen LogP contribution < -0.4 is 16.6 Å². The number of benzene rings is 2. The van der Waals surface area contributed by atoms with E-state index in [0.717, 1.165) is 4.57 Å². The number of hydrogen-bond acceptors (Lipinski definition) is 7. The molecule has 0 fully saturated rings. The Morgan fingerprint density at radius 1 is 0.909 bits per heavy atom. The average Bonchev–Trinajstić information content (AvgIpc) is 3.21. The molecule has 2 aromatic heterocycles. The summed E-state index contributed by atoms with van der Waals surface area (Å²) in [7, 11) is 4.47. The first kappa shape index (κ1) is 21.5. The van der Waals surface area contributed by atoms with E-state index in [4.69, 9.17) is 0 Å². The number of nitro groups is 2. The Balaban J connectivity index is 2.23. The predicted octanol–water partition coefficient (Wildman–Crippen LogP) is 2.55. The third kappa shape index (κ3) is 3.33. The van der Waals surface area contributed by atoms with Crippen LogP contribution in [0.4, 0.5) is 17.1 Å². The highest BCUT2D eigenvalue weighted by atomic mass is 16.6. The van der Waals surface area contributed by atoms with Crippen LogP contribution in [0, 0.1) is 20.2 Å². The summed E-state index contributed by atoms with van der Waals surface area (Å²) in [5.74, 6) is 0. The van der Waals surface area contributed by atoms with E-state index in [1.807, 2.05) is 0 Å². The molecule has 0 spiro atoms. The molecule has 1 N–H and O–H groups in total. The van der Waals surface area contributed by atoms with E-state index in [0.29, 0.717) is 16.9 Å². The maximum absolute atomic E-state index is 13.2. The molecule has 4 rings (SSSR count). The van der Waals surface area contributed by atoms with Crippen LogP contribution >= 0.6 is 0 Å². The van der Waals surface area contributed by atoms with Crippen molar-refractivity contribution in [1.82, 2.24) is 13.7 Å². The molecule has 0 saturated heterocycles. The fourth-order valence-electron chi connectivity index (χ4n) is 3.83. The van der Waals surface area contributed by atoms with Gasteiger partial charge in [-0.25, -0.2) is 4.79 Å². The second-order valence-corrected chi connectivity index (χ2v) is 7.33. The maximum Gasteiger partial charge on any atom is 0.330 e. The summed E-state index contributed by atoms with van der Waals surface area (Å²) in [5.41, 5.74) is 0.196. The minimum absolute atomic E-state index is 0.147. The van der Waals surface area contributed by atoms with Gasteiger partial charge in [-0.3, -0.25) is 34.2 Å². The van der Waals surface area contributed by atoms with Crippen molar-refractivity contribution in [2.75, 3.05) is 12.4 Å². The van der Waals surface area contributed by atoms with Crippen LogP contribution in [0.25, 0.3) is 27.8 Å². The SMILES string of the molecule is CNc1ccc([N+](=O)[O-])cc1-n1cc2c(c1-c1cccc([N+](=O)[O-])c1)c(=O)n(C)c(=O)n2C. The molecule has 2 heterocycles. The third-order valence-electron chi connectivity index (χ3n) is 5.49. The zero-order valence-electron chi connectivity index (χ0n) is 17.8. The Morgan fingerprint density at radius 2 is 1.58 bits per heavy atom. The fraction of sp³-hybridized carbons (Fsp3) is 0.143. The van der Waals surface area contributed by atoms with Crippen LogP contribution in [-0.2, 0) is 14.1 Å². The zero-order valence-corrected chi connectivity index (χ0v) is 17.8. The van der Waals surface area contributed by atoms with Gasteiger partial charge in [0.15, 0.2) is 0 Å². The van der Waals surface area contributed by atoms with E-state index in [9.17, 15) is 29.8 Å². The Kier molecular flexibility index (Phi) is 5.04. The van der Waals surface area contributed by atoms with E-state index in [-0.39, 0.29) is 28.0 Å². The summed E-state index contributed by atoms with van der Waals surface area (Å²) >= 11 is 0. The van der Waals surface area contributed by atoms with Gasteiger partial charge in [0.05, 0.1) is 37.8 Å². The highest BCUT2D eigenvalue weighted by Crippen LogP contribution is 2.36. The number of nitrogens with one attached hydrogen (secondary N) is 1. The molecule has 0 unspecified atom stereocenters. The quantitative estimate of drug-likeness (QED) is 0.363. The molecule has 0 saturated carbocycles. The number of aryl methyl sites for hydroxylation is 1. The first-order valence-electron chi connectivity index (χ1n) is 9.68. The molecule has 0 aliphatic carbocycles. The highest BCUT2D eigenvalue weighted by molar-refractivity contribution is 5.95. The van der Waals surface area contributed by atoms with Gasteiger partial charge >= 0.3 is 5.69 Å². The van der Waals surface area contributed by atoms with Gasteiger partial charge in [-0.1, -0.05) is 12.1 Å². The van der Waals surface area contributed by atoms with Crippen molar-refractivity contribution in [2.45, 2.75) is 0 Å². The standard InChI is InChI=1S/C21H18N6O6/c1-22-15-8-7-14(27(32)33)10-16(15)25-11-17-18(20(28)24(3)21(29)23(17)2)19(25)12-5-4-6-13(9-12)26(30)31/h4-11,22H,1-3H3. The first-order chi connectivity index (χ1) is 15.6. The Labute approximate surface area is 185 Å². The van der Waals surface area contributed by atoms with Gasteiger partial charge in [-0.05, 0) is 6.07 Å². The lowest BCUT2D eigenvalue weighted by Gasteiger charge is -2.14. The number of nitrogens with zero attached hydrogens (tertiary/aromatic N) is 5. The summed E-state index contributed by atoms with van der Waals surface area (Å²) in [6, 6.07) is 9.89. The van der Waals surface area contributed by atoms with E-state index >= 15 is 0 Å². The third-order valence-corrected chi connectivity index (χ3v) is 5.49. The molecular weight excluding hydrogens is 432 g/mol. The summed E-state index contributed by atoms with van der Waals surface area (Å²) in [4.78, 5) is 47.4. The molecule has 12 heteroatoms. The van der Waals surface area contributed by atoms with Crippen molar-refractivity contribution in [1.29, 1.82) is 0 Å². The number of nitro benzene ring substituents is 2. The molecule has 0 amide bonds. The molecule has 0 bridgehead atoms. The van der Waals surface area contributed by atoms with Crippen LogP contribution in [0.15, 0.2) is 58.3 Å². The van der Waals surface area contributed by atoms with Gasteiger partial charge in [0.1, 0.15) is 0 Å². The average molecular weight is 450 g/mol. The van der Waals surface area contributed by atoms with Crippen molar-refractivity contribution in [3.05, 3.63) is 89.7 Å². The first-order valence-corrected chi connectivity index (χ1v) is 9.68. The molecule has 0 radical (unpaired) electrons. The second kappa shape index (κ2) is 7.75. The number of fused-ring (bicyclic) bond motifs is 1. The smallest absolute Gasteiger partial charge is 0.330 e. The van der Waals surface area contributed by atoms with Crippen LogP contribution in [0.2, 0.25) is 0 Å². The largest absolute Gasteiger partial charge is 0.386 e. The lowest BCUT2D eigenvalue weighted by molar-refractivity contribution is -0.385. The van der Waals surface area contributed by atoms with E-state index in [1.165, 1.54) is 65.8 Å². The van der Waals surface area contributed by atoms with Gasteiger partial charge in [-0.2, -0.15) is 0 Å². The summed E-state index contributed by atoms with van der Waals surface area (Å²) in [6.45, 7) is 0. The second-order valence-electron chi connectivity index (χ2n) is 7.33. The molecule has 12 nitrogen and oxygen atoms in total. The van der Waals surface area contributed by atoms with Gasteiger partial charge in [0, 0.05) is 57.2 Å². The molecule has 168 valence electrons. The minimum atomic E-state index is -0.593. The van der Waals surface area contributed by atoms with Gasteiger partial charge in [-0.15, -0.1) is 0 Å². The number of anilines is 1. The molecule has 0 aliphatic heterocycles. The molecular formula is C21H18N6O6. The van der Waals surface area contributed by atoms with Crippen molar-refractivity contribution in [2.24, 2.45) is 14.1 Å². The highest BCUT2D eigenvalue weighted by Gasteiger charge is 2.23. The van der Waals surface area contributed by atoms with Crippen LogP contribution in [0.1, 0.15) is 0 Å². The van der Waals surface area contributed by atoms with Gasteiger partial charge < -0.3 is 9.88 Å². The fourth-order valence-corrected chi connectivity index (χ4v) is 3.83. The molecule has 0 aliphatic rings. The topological polar surface area (TPSA) is 147 Å². The lowest BCUT2D eigenvalue weighted by Crippen LogP contribution is -2.36. The van der Waals surface area contributed by atoms with Crippen molar-refractivity contribution in [3.8, 4) is 16.9 Å². The summed E-state index contributed by atoms with van der Waals surface area (Å²) in [5, 5.41) is 25.9. The van der Waals surface area contributed by atoms with Crippen molar-refractivity contribution < 1.29 is 9.85 Å². The number of hydrogen-bond donors (Lipinski definition) is 1. The van der Waals surface area contributed by atoms with Gasteiger partial charge in [0.25, 0.3) is 16.9 Å². The Hall–Kier alpha value is -4.74. The summed E-state index contributed by atoms with van der Waals surface area (Å²) in [6.07, 6.45) is 1.52. The number of rotatable bonds is 5. The van der Waals surface area contributed by atoms with Crippen LogP contribution in [0.5, 0.6) is 0 Å². The molecule has 4 aromatic rings. The van der Waals surface area contributed by atoms with Crippen LogP contribution in [-0.4, -0.2) is 30.6 Å². The molecule has 0 atom stereocenters. The van der Waals surface area contributed by atoms with Gasteiger partial charge in [0.2, 0.25) is 0 Å². The van der Waals surface area contributed by atoms with E-state index < -0.39 is 21.1 Å². The maximum atomic E-state index is 13.2. The zero-order chi connectivity index (χ0) is 24.0. The Bertz CT molecular complexity index is 1580. The minimum Gasteiger partial charge on any atom is -0.386 e. The molecule has 2 aromatic carbocycles. The van der Waals surface area contributed by atoms with Crippen LogP contribution in [0.3, 0.4) is 0 Å². The normalized spacial score (nSPS) is 11.0. The van der Waals surface area contributed by atoms with E-state index in [2.05, 4.69) is 5.32 Å². The van der Waals surface area contributed by atoms with Crippen molar-refractivity contribution in [3.63, 3.8) is 0 Å². The van der Waals surface area contributed by atoms with E-state index in [1.54, 1.807) is 13.1 Å². The predicted molar refractivity (Wildman–Crippen MR) is 122 cm³/mol. The number of aromatic nitrogens is 3. The monoisotopic (exact) mass is 450 g/mol. The summed E-state index contributed by atoms with van der Waals surface area (Å²) < 4.78 is 3.76. The number of non-ortho nitro benzene ring substituents is 2. The lowest BCUT2D eigenvalue weighted by atomic mass is 10.1.